The summed E-state index contributed by atoms with van der Waals surface area (Å²) in [4.78, 5) is 49.9. The lowest BCUT2D eigenvalue weighted by Crippen LogP contribution is -2.60. The number of carboxylic acids is 1. The number of aliphatic hydroxyl groups is 1. The number of hydrogen-bond donors (Lipinski definition) is 6. The molecule has 5 atom stereocenters. The predicted octanol–water partition coefficient (Wildman–Crippen LogP) is 0.275. The second-order valence-corrected chi connectivity index (χ2v) is 9.88. The van der Waals surface area contributed by atoms with E-state index in [1.165, 1.54) is 18.7 Å². The van der Waals surface area contributed by atoms with Crippen molar-refractivity contribution in [1.29, 1.82) is 0 Å². The van der Waals surface area contributed by atoms with Crippen molar-refractivity contribution < 1.29 is 29.4 Å². The Morgan fingerprint density at radius 2 is 1.54 bits per heavy atom. The lowest BCUT2D eigenvalue weighted by atomic mass is 10.0. The zero-order chi connectivity index (χ0) is 26.5. The third-order valence-electron chi connectivity index (χ3n) is 5.26. The highest BCUT2D eigenvalue weighted by Gasteiger charge is 2.32. The van der Waals surface area contributed by atoms with E-state index >= 15 is 0 Å². The van der Waals surface area contributed by atoms with Crippen molar-refractivity contribution in [2.75, 3.05) is 12.0 Å². The third kappa shape index (κ3) is 11.1. The number of thioether (sulfide) groups is 1. The zero-order valence-corrected chi connectivity index (χ0v) is 21.5. The molecule has 0 saturated heterocycles. The Bertz CT molecular complexity index is 837. The van der Waals surface area contributed by atoms with Gasteiger partial charge in [-0.2, -0.15) is 11.8 Å². The quantitative estimate of drug-likeness (QED) is 0.195. The van der Waals surface area contributed by atoms with E-state index in [0.29, 0.717) is 5.75 Å². The molecule has 35 heavy (non-hydrogen) atoms. The number of nitrogens with two attached hydrogens (primary N) is 1. The summed E-state index contributed by atoms with van der Waals surface area (Å²) in [5.74, 6) is -2.68. The van der Waals surface area contributed by atoms with Crippen LogP contribution < -0.4 is 21.7 Å². The maximum Gasteiger partial charge on any atom is 0.326 e. The van der Waals surface area contributed by atoms with E-state index in [2.05, 4.69) is 16.0 Å². The monoisotopic (exact) mass is 510 g/mol. The second kappa shape index (κ2) is 15.4. The molecule has 0 spiro atoms. The fourth-order valence-electron chi connectivity index (χ4n) is 3.36. The summed E-state index contributed by atoms with van der Waals surface area (Å²) in [7, 11) is 0. The zero-order valence-electron chi connectivity index (χ0n) is 20.7. The number of rotatable bonds is 15. The standard InChI is InChI=1S/C24H38N4O6S/c1-14(2)12-19(27-21(30)17(25)13-16-8-6-5-7-9-16)22(31)28-20(15(3)29)23(32)26-18(24(33)34)10-11-35-4/h5-9,14-15,17-20,29H,10-13,25H2,1-4H3,(H,26,32)(H,27,30)(H,28,31)(H,33,34). The summed E-state index contributed by atoms with van der Waals surface area (Å²) in [6, 6.07) is 4.79. The number of aliphatic hydroxyl groups excluding tert-OH is 1. The first-order valence-corrected chi connectivity index (χ1v) is 13.0. The summed E-state index contributed by atoms with van der Waals surface area (Å²) in [5.41, 5.74) is 6.92. The Hall–Kier alpha value is -2.63. The van der Waals surface area contributed by atoms with Crippen molar-refractivity contribution >= 4 is 35.5 Å². The molecule has 3 amide bonds. The minimum Gasteiger partial charge on any atom is -0.480 e. The molecule has 1 aromatic carbocycles. The van der Waals surface area contributed by atoms with Crippen molar-refractivity contribution in [2.45, 2.75) is 70.3 Å². The van der Waals surface area contributed by atoms with Crippen LogP contribution in [0.1, 0.15) is 39.2 Å². The largest absolute Gasteiger partial charge is 0.480 e. The van der Waals surface area contributed by atoms with Gasteiger partial charge in [-0.05, 0) is 49.7 Å². The normalized spacial score (nSPS) is 15.4. The van der Waals surface area contributed by atoms with Crippen LogP contribution in [0.2, 0.25) is 0 Å². The van der Waals surface area contributed by atoms with Crippen molar-refractivity contribution in [3.8, 4) is 0 Å². The number of carboxylic acid groups (broad SMARTS) is 1. The van der Waals surface area contributed by atoms with Crippen LogP contribution in [0.4, 0.5) is 0 Å². The van der Waals surface area contributed by atoms with Crippen LogP contribution in [-0.4, -0.2) is 76.2 Å². The Morgan fingerprint density at radius 1 is 0.943 bits per heavy atom. The Balaban J connectivity index is 2.90. The van der Waals surface area contributed by atoms with Gasteiger partial charge in [-0.15, -0.1) is 0 Å². The van der Waals surface area contributed by atoms with E-state index in [1.54, 1.807) is 0 Å². The summed E-state index contributed by atoms with van der Waals surface area (Å²) < 4.78 is 0. The van der Waals surface area contributed by atoms with Crippen LogP contribution in [-0.2, 0) is 25.6 Å². The Kier molecular flexibility index (Phi) is 13.4. The summed E-state index contributed by atoms with van der Waals surface area (Å²) in [6.45, 7) is 5.06. The molecule has 0 radical (unpaired) electrons. The highest BCUT2D eigenvalue weighted by atomic mass is 32.2. The second-order valence-electron chi connectivity index (χ2n) is 8.89. The predicted molar refractivity (Wildman–Crippen MR) is 136 cm³/mol. The van der Waals surface area contributed by atoms with E-state index < -0.39 is 54.0 Å². The van der Waals surface area contributed by atoms with Gasteiger partial charge >= 0.3 is 5.97 Å². The first kappa shape index (κ1) is 30.4. The Labute approximate surface area is 210 Å². The fourth-order valence-corrected chi connectivity index (χ4v) is 3.83. The number of hydrogen-bond acceptors (Lipinski definition) is 7. The van der Waals surface area contributed by atoms with E-state index in [-0.39, 0.29) is 25.2 Å². The van der Waals surface area contributed by atoms with E-state index in [4.69, 9.17) is 5.73 Å². The lowest BCUT2D eigenvalue weighted by molar-refractivity contribution is -0.143. The van der Waals surface area contributed by atoms with E-state index in [0.717, 1.165) is 5.56 Å². The molecule has 0 aromatic heterocycles. The molecule has 7 N–H and O–H groups in total. The van der Waals surface area contributed by atoms with Crippen LogP contribution in [0.15, 0.2) is 30.3 Å². The van der Waals surface area contributed by atoms with Gasteiger partial charge in [0, 0.05) is 0 Å². The molecule has 196 valence electrons. The van der Waals surface area contributed by atoms with Crippen LogP contribution in [0.25, 0.3) is 0 Å². The molecule has 0 heterocycles. The number of carbonyl (C=O) groups excluding carboxylic acids is 3. The minimum atomic E-state index is -1.40. The van der Waals surface area contributed by atoms with Crippen LogP contribution in [0.5, 0.6) is 0 Å². The molecule has 11 heteroatoms. The van der Waals surface area contributed by atoms with Gasteiger partial charge in [0.15, 0.2) is 0 Å². The number of amides is 3. The van der Waals surface area contributed by atoms with Crippen molar-refractivity contribution in [2.24, 2.45) is 11.7 Å². The maximum atomic E-state index is 13.0. The molecular formula is C24H38N4O6S. The first-order valence-electron chi connectivity index (χ1n) is 11.6. The number of aliphatic carboxylic acids is 1. The van der Waals surface area contributed by atoms with Gasteiger partial charge < -0.3 is 31.9 Å². The summed E-state index contributed by atoms with van der Waals surface area (Å²) in [5, 5.41) is 27.0. The molecule has 1 rings (SSSR count). The SMILES string of the molecule is CSCCC(NC(=O)C(NC(=O)C(CC(C)C)NC(=O)C(N)Cc1ccccc1)C(C)O)C(=O)O. The maximum absolute atomic E-state index is 13.0. The molecular weight excluding hydrogens is 472 g/mol. The average molecular weight is 511 g/mol. The highest BCUT2D eigenvalue weighted by Crippen LogP contribution is 2.09. The van der Waals surface area contributed by atoms with Crippen molar-refractivity contribution in [3.05, 3.63) is 35.9 Å². The highest BCUT2D eigenvalue weighted by molar-refractivity contribution is 7.98. The van der Waals surface area contributed by atoms with E-state index in [1.807, 2.05) is 50.4 Å². The molecule has 1 aromatic rings. The summed E-state index contributed by atoms with van der Waals surface area (Å²) >= 11 is 1.43. The number of nitrogens with one attached hydrogen (secondary N) is 3. The van der Waals surface area contributed by atoms with E-state index in [9.17, 15) is 29.4 Å². The molecule has 0 aliphatic rings. The van der Waals surface area contributed by atoms with Gasteiger partial charge in [-0.3, -0.25) is 14.4 Å². The average Bonchev–Trinajstić information content (AvgIpc) is 2.79. The third-order valence-corrected chi connectivity index (χ3v) is 5.91. The van der Waals surface area contributed by atoms with Crippen molar-refractivity contribution in [1.82, 2.24) is 16.0 Å². The Morgan fingerprint density at radius 3 is 2.06 bits per heavy atom. The smallest absolute Gasteiger partial charge is 0.326 e. The fraction of sp³-hybridized carbons (Fsp3) is 0.583. The van der Waals surface area contributed by atoms with Crippen molar-refractivity contribution in [3.63, 3.8) is 0 Å². The topological polar surface area (TPSA) is 171 Å². The molecule has 10 nitrogen and oxygen atoms in total. The molecule has 0 aliphatic carbocycles. The molecule has 0 bridgehead atoms. The van der Waals surface area contributed by atoms with Gasteiger partial charge in [0.1, 0.15) is 18.1 Å². The minimum absolute atomic E-state index is 0.0261. The van der Waals surface area contributed by atoms with Gasteiger partial charge in [0.2, 0.25) is 17.7 Å². The summed E-state index contributed by atoms with van der Waals surface area (Å²) in [6.07, 6.45) is 1.26. The molecule has 0 saturated carbocycles. The van der Waals surface area contributed by atoms with Crippen LogP contribution in [0, 0.1) is 5.92 Å². The van der Waals surface area contributed by atoms with Crippen LogP contribution in [0.3, 0.4) is 0 Å². The first-order chi connectivity index (χ1) is 16.5. The van der Waals surface area contributed by atoms with Gasteiger partial charge in [-0.25, -0.2) is 4.79 Å². The molecule has 0 aliphatic heterocycles. The number of benzene rings is 1. The molecule has 5 unspecified atom stereocenters. The van der Waals surface area contributed by atoms with Crippen LogP contribution >= 0.6 is 11.8 Å². The lowest BCUT2D eigenvalue weighted by Gasteiger charge is -2.27. The number of carbonyl (C=O) groups is 4. The van der Waals surface area contributed by atoms with Gasteiger partial charge in [-0.1, -0.05) is 44.2 Å². The van der Waals surface area contributed by atoms with Gasteiger partial charge in [0.25, 0.3) is 0 Å². The van der Waals surface area contributed by atoms with Gasteiger partial charge in [0.05, 0.1) is 12.1 Å². The molecule has 0 fully saturated rings.